The standard InChI is InChI=1S/C47H43BN2/c1-45(2,3)28-21-22-40-32(23-28)34-24-29(46(4,5)6)25-38-44(34)50(40)41-20-14-18-35-43(41)48(38)37-26-33-31-17-12-13-19-39(31)49(30-15-10-9-11-16-30)42(33)27-36(37)47(35,7)8/h9-27H,1-8H3. The summed E-state index contributed by atoms with van der Waals surface area (Å²) in [5.41, 5.74) is 17.6. The molecule has 0 N–H and O–H groups in total. The van der Waals surface area contributed by atoms with E-state index in [0.717, 1.165) is 0 Å². The van der Waals surface area contributed by atoms with E-state index in [2.05, 4.69) is 180 Å². The number of benzene rings is 6. The van der Waals surface area contributed by atoms with Gasteiger partial charge in [-0.15, -0.1) is 0 Å². The first kappa shape index (κ1) is 29.9. The molecule has 0 bridgehead atoms. The molecule has 2 nitrogen and oxygen atoms in total. The van der Waals surface area contributed by atoms with Crippen LogP contribution in [-0.4, -0.2) is 15.8 Å². The van der Waals surface area contributed by atoms with Crippen molar-refractivity contribution in [1.29, 1.82) is 0 Å². The highest BCUT2D eigenvalue weighted by molar-refractivity contribution is 6.99. The van der Waals surface area contributed by atoms with Crippen molar-refractivity contribution in [2.45, 2.75) is 71.6 Å². The lowest BCUT2D eigenvalue weighted by atomic mass is 9.30. The molecule has 0 saturated carbocycles. The van der Waals surface area contributed by atoms with Crippen molar-refractivity contribution in [3.05, 3.63) is 138 Å². The smallest absolute Gasteiger partial charge is 0.247 e. The van der Waals surface area contributed by atoms with E-state index in [9.17, 15) is 0 Å². The van der Waals surface area contributed by atoms with Crippen molar-refractivity contribution in [2.75, 3.05) is 0 Å². The second kappa shape index (κ2) is 9.61. The number of nitrogens with zero attached hydrogens (tertiary/aromatic N) is 2. The summed E-state index contributed by atoms with van der Waals surface area (Å²) in [6.45, 7) is 19.1. The highest BCUT2D eigenvalue weighted by Crippen LogP contribution is 2.43. The molecule has 50 heavy (non-hydrogen) atoms. The Morgan fingerprint density at radius 1 is 0.500 bits per heavy atom. The highest BCUT2D eigenvalue weighted by atomic mass is 15.0. The largest absolute Gasteiger partial charge is 0.310 e. The third-order valence-electron chi connectivity index (χ3n) is 12.1. The van der Waals surface area contributed by atoms with Crippen molar-refractivity contribution in [3.63, 3.8) is 0 Å². The van der Waals surface area contributed by atoms with Gasteiger partial charge in [-0.25, -0.2) is 0 Å². The number of para-hydroxylation sites is 2. The fourth-order valence-corrected chi connectivity index (χ4v) is 9.44. The Balaban J connectivity index is 1.38. The van der Waals surface area contributed by atoms with Crippen molar-refractivity contribution < 1.29 is 0 Å². The van der Waals surface area contributed by atoms with E-state index in [4.69, 9.17) is 0 Å². The zero-order valence-corrected chi connectivity index (χ0v) is 30.4. The van der Waals surface area contributed by atoms with Gasteiger partial charge in [0.25, 0.3) is 0 Å². The van der Waals surface area contributed by atoms with Gasteiger partial charge in [0.15, 0.2) is 0 Å². The van der Waals surface area contributed by atoms with Crippen LogP contribution in [0.15, 0.2) is 115 Å². The molecule has 0 saturated heterocycles. The van der Waals surface area contributed by atoms with Crippen LogP contribution in [0.1, 0.15) is 77.6 Å². The summed E-state index contributed by atoms with van der Waals surface area (Å²) < 4.78 is 5.08. The molecule has 8 aromatic rings. The average Bonchev–Trinajstić information content (AvgIpc) is 3.60. The van der Waals surface area contributed by atoms with Gasteiger partial charge in [0.1, 0.15) is 0 Å². The van der Waals surface area contributed by atoms with Gasteiger partial charge >= 0.3 is 0 Å². The SMILES string of the molecule is CC(C)(C)c1ccc2c(c1)c1cc(C(C)(C)C)cc3c1n2-c1cccc2c1B3c1cc3c4ccccc4n(-c4ccccc4)c3cc1C2(C)C. The van der Waals surface area contributed by atoms with Crippen LogP contribution in [-0.2, 0) is 16.2 Å². The topological polar surface area (TPSA) is 9.86 Å². The van der Waals surface area contributed by atoms with E-state index < -0.39 is 0 Å². The minimum Gasteiger partial charge on any atom is -0.310 e. The molecule has 0 unspecified atom stereocenters. The van der Waals surface area contributed by atoms with Gasteiger partial charge in [0.2, 0.25) is 6.71 Å². The number of hydrogen-bond acceptors (Lipinski definition) is 0. The van der Waals surface area contributed by atoms with E-state index in [1.54, 1.807) is 0 Å². The van der Waals surface area contributed by atoms with Crippen LogP contribution in [0.2, 0.25) is 0 Å². The Kier molecular flexibility index (Phi) is 5.74. The fraction of sp³-hybridized carbons (Fsp3) is 0.234. The molecule has 0 amide bonds. The van der Waals surface area contributed by atoms with E-state index in [1.165, 1.54) is 93.6 Å². The van der Waals surface area contributed by atoms with Crippen molar-refractivity contribution in [2.24, 2.45) is 0 Å². The second-order valence-corrected chi connectivity index (χ2v) is 17.5. The zero-order chi connectivity index (χ0) is 34.5. The molecule has 244 valence electrons. The first-order chi connectivity index (χ1) is 23.8. The Labute approximate surface area is 295 Å². The average molecular weight is 647 g/mol. The lowest BCUT2D eigenvalue weighted by Gasteiger charge is -2.42. The van der Waals surface area contributed by atoms with Crippen LogP contribution in [0.4, 0.5) is 0 Å². The molecule has 2 aliphatic rings. The van der Waals surface area contributed by atoms with Gasteiger partial charge in [0, 0.05) is 43.9 Å². The first-order valence-corrected chi connectivity index (χ1v) is 18.2. The summed E-state index contributed by atoms with van der Waals surface area (Å²) in [6.07, 6.45) is 0. The number of fused-ring (bicyclic) bond motifs is 10. The van der Waals surface area contributed by atoms with Crippen LogP contribution < -0.4 is 16.4 Å². The van der Waals surface area contributed by atoms with Crippen LogP contribution in [0.5, 0.6) is 0 Å². The van der Waals surface area contributed by atoms with Gasteiger partial charge in [-0.05, 0) is 92.5 Å². The Hall–Kier alpha value is -5.02. The van der Waals surface area contributed by atoms with Crippen LogP contribution in [0.25, 0.3) is 55.0 Å². The molecular formula is C47H43BN2. The fourth-order valence-electron chi connectivity index (χ4n) is 9.44. The molecule has 3 heteroatoms. The third-order valence-corrected chi connectivity index (χ3v) is 12.1. The van der Waals surface area contributed by atoms with Crippen molar-refractivity contribution in [3.8, 4) is 11.4 Å². The molecule has 0 spiro atoms. The maximum atomic E-state index is 2.61. The molecule has 0 radical (unpaired) electrons. The predicted octanol–water partition coefficient (Wildman–Crippen LogP) is 9.94. The summed E-state index contributed by atoms with van der Waals surface area (Å²) in [6, 6.07) is 44.3. The summed E-state index contributed by atoms with van der Waals surface area (Å²) in [7, 11) is 0. The highest BCUT2D eigenvalue weighted by Gasteiger charge is 2.45. The van der Waals surface area contributed by atoms with Crippen LogP contribution >= 0.6 is 0 Å². The maximum Gasteiger partial charge on any atom is 0.247 e. The molecule has 0 aliphatic carbocycles. The van der Waals surface area contributed by atoms with Gasteiger partial charge in [-0.2, -0.15) is 0 Å². The minimum atomic E-state index is -0.191. The van der Waals surface area contributed by atoms with Gasteiger partial charge in [0.05, 0.1) is 16.6 Å². The molecule has 2 aliphatic heterocycles. The second-order valence-electron chi connectivity index (χ2n) is 17.5. The lowest BCUT2D eigenvalue weighted by Crippen LogP contribution is -2.63. The lowest BCUT2D eigenvalue weighted by molar-refractivity contribution is 0.590. The van der Waals surface area contributed by atoms with E-state index in [1.807, 2.05) is 0 Å². The Bertz CT molecular complexity index is 2740. The van der Waals surface area contributed by atoms with Gasteiger partial charge in [-0.3, -0.25) is 0 Å². The minimum absolute atomic E-state index is 0.00434. The van der Waals surface area contributed by atoms with Gasteiger partial charge < -0.3 is 9.13 Å². The van der Waals surface area contributed by atoms with Crippen molar-refractivity contribution >= 4 is 66.7 Å². The zero-order valence-electron chi connectivity index (χ0n) is 30.4. The van der Waals surface area contributed by atoms with E-state index >= 15 is 0 Å². The summed E-state index contributed by atoms with van der Waals surface area (Å²) in [5, 5.41) is 5.36. The van der Waals surface area contributed by atoms with E-state index in [0.29, 0.717) is 0 Å². The molecular weight excluding hydrogens is 603 g/mol. The molecule has 4 heterocycles. The first-order valence-electron chi connectivity index (χ1n) is 18.2. The summed E-state index contributed by atoms with van der Waals surface area (Å²) in [5.74, 6) is 0. The molecule has 6 aromatic carbocycles. The molecule has 0 fully saturated rings. The number of aromatic nitrogens is 2. The predicted molar refractivity (Wildman–Crippen MR) is 216 cm³/mol. The normalized spacial score (nSPS) is 14.9. The quantitative estimate of drug-likeness (QED) is 0.157. The number of rotatable bonds is 1. The van der Waals surface area contributed by atoms with Crippen LogP contribution in [0, 0.1) is 0 Å². The number of hydrogen-bond donors (Lipinski definition) is 0. The van der Waals surface area contributed by atoms with Crippen molar-refractivity contribution in [1.82, 2.24) is 9.13 Å². The maximum absolute atomic E-state index is 2.61. The molecule has 10 rings (SSSR count). The Morgan fingerprint density at radius 2 is 1.18 bits per heavy atom. The Morgan fingerprint density at radius 3 is 1.94 bits per heavy atom. The molecule has 0 atom stereocenters. The summed E-state index contributed by atoms with van der Waals surface area (Å²) >= 11 is 0. The van der Waals surface area contributed by atoms with E-state index in [-0.39, 0.29) is 23.0 Å². The monoisotopic (exact) mass is 646 g/mol. The van der Waals surface area contributed by atoms with Gasteiger partial charge in [-0.1, -0.05) is 128 Å². The molecule has 2 aromatic heterocycles. The van der Waals surface area contributed by atoms with Crippen LogP contribution in [0.3, 0.4) is 0 Å². The summed E-state index contributed by atoms with van der Waals surface area (Å²) in [4.78, 5) is 0. The third kappa shape index (κ3) is 3.81.